The number of fused-ring (bicyclic) bond motifs is 3. The average molecular weight is 1690 g/mol. The highest BCUT2D eigenvalue weighted by Gasteiger charge is 2.40. The van der Waals surface area contributed by atoms with Gasteiger partial charge >= 0.3 is 0 Å². The summed E-state index contributed by atoms with van der Waals surface area (Å²) in [5.41, 5.74) is 13.0. The number of aromatic nitrogens is 2. The van der Waals surface area contributed by atoms with Gasteiger partial charge in [-0.05, 0) is 177 Å². The molecule has 1 N–H and O–H groups in total. The summed E-state index contributed by atoms with van der Waals surface area (Å²) in [4.78, 5) is 70.8. The van der Waals surface area contributed by atoms with E-state index in [1.807, 2.05) is 130 Å². The summed E-state index contributed by atoms with van der Waals surface area (Å²) in [7, 11) is 9.73. The van der Waals surface area contributed by atoms with Crippen LogP contribution in [0.2, 0.25) is 5.02 Å². The van der Waals surface area contributed by atoms with E-state index in [1.54, 1.807) is 61.1 Å². The van der Waals surface area contributed by atoms with Crippen LogP contribution in [-0.4, -0.2) is 218 Å². The molecular weight excluding hydrogens is 1570 g/mol. The minimum atomic E-state index is -0.620. The third-order valence-corrected chi connectivity index (χ3v) is 24.8. The van der Waals surface area contributed by atoms with Gasteiger partial charge in [-0.2, -0.15) is 0 Å². The lowest BCUT2D eigenvalue weighted by Crippen LogP contribution is -2.46. The second-order valence-corrected chi connectivity index (χ2v) is 31.6. The van der Waals surface area contributed by atoms with E-state index >= 15 is 0 Å². The van der Waals surface area contributed by atoms with Crippen LogP contribution < -0.4 is 48.4 Å². The Morgan fingerprint density at radius 2 is 0.754 bits per heavy atom. The molecule has 3 fully saturated rings. The Kier molecular flexibility index (Phi) is 31.6. The lowest BCUT2D eigenvalue weighted by molar-refractivity contribution is 0.0653. The van der Waals surface area contributed by atoms with Crippen molar-refractivity contribution in [1.82, 2.24) is 39.4 Å². The Bertz CT molecular complexity index is 4950. The fourth-order valence-electron chi connectivity index (χ4n) is 17.5. The molecular formula is C96H117ClF2N12O11. The summed E-state index contributed by atoms with van der Waals surface area (Å²) in [6.07, 6.45) is 7.78. The Balaban J connectivity index is 0.000000158. The van der Waals surface area contributed by atoms with Crippen molar-refractivity contribution < 1.29 is 61.1 Å². The fraction of sp³-hybridized carbons (Fsp3) is 0.427. The molecule has 0 bridgehead atoms. The SMILES string of the molecule is CCN1CCN(c2cccc3c2CN([C@H](CCCNc2ncccn2)c2ccc(OC)c(OC)c2)C3=O)CC1.CCN1CCN(c2cccc3c2CN([C@H](CCCOCc2c(F)cccc2F)c2ccc(OC)c(OC)c2)C3=O)CC1.CCN1CCN(c2cccc3c2CN([C@H](CCCOCc2ccccc2Cl)c2ccc(OC)c(OC)c2)C3=O)CC1. The molecule has 0 unspecified atom stereocenters. The van der Waals surface area contributed by atoms with Crippen molar-refractivity contribution in [3.8, 4) is 34.5 Å². The molecule has 7 heterocycles. The number of nitrogens with one attached hydrogen (secondary N) is 1. The van der Waals surface area contributed by atoms with Crippen LogP contribution >= 0.6 is 11.6 Å². The smallest absolute Gasteiger partial charge is 0.255 e. The molecule has 0 aliphatic carbocycles. The molecule has 6 aliphatic rings. The molecule has 3 amide bonds. The van der Waals surface area contributed by atoms with E-state index in [-0.39, 0.29) is 48.0 Å². The average Bonchev–Trinajstić information content (AvgIpc) is 1.63. The Labute approximate surface area is 722 Å². The third-order valence-electron chi connectivity index (χ3n) is 24.5. The minimum Gasteiger partial charge on any atom is -0.493 e. The van der Waals surface area contributed by atoms with Gasteiger partial charge in [0, 0.05) is 191 Å². The summed E-state index contributed by atoms with van der Waals surface area (Å²) >= 11 is 6.30. The van der Waals surface area contributed by atoms with Crippen molar-refractivity contribution in [2.24, 2.45) is 0 Å². The standard InChI is InChI=1S/C33H40ClN3O4.C33H39F2N3O4.C30H38N6O3/c1-4-35-16-18-36(19-17-35)30-12-7-10-26-27(30)22-37(33(26)38)29(24-14-15-31(39-2)32(21-24)40-3)13-8-20-41-23-25-9-5-6-11-28(25)34;1-4-36-15-17-37(18-16-36)30-11-5-8-24-25(30)21-38(33(24)39)29(23-13-14-31(40-2)32(20-23)41-3)12-7-19-42-22-26-27(34)9-6-10-28(26)35;1-4-34-16-18-35(19-17-34)26-9-5-8-23-24(26)21-36(29(23)37)25(10-6-13-31-30-32-14-7-15-33-30)22-11-12-27(38-2)28(20-22)39-3/h5-7,9-12,14-15,21,29H,4,8,13,16-20,22-23H2,1-3H3;5-6,8-11,13-14,20,29H,4,7,12,15-19,21-22H2,1-3H3;5,7-9,11-12,14-15,20,25H,4,6,10,13,16-19,21H2,1-3H3,(H,31,32,33)/t2*29-;25-/m111/s1. The Morgan fingerprint density at radius 3 is 1.11 bits per heavy atom. The van der Waals surface area contributed by atoms with E-state index in [0.717, 1.165) is 185 Å². The van der Waals surface area contributed by atoms with Crippen molar-refractivity contribution in [1.29, 1.82) is 0 Å². The fourth-order valence-corrected chi connectivity index (χ4v) is 17.7. The largest absolute Gasteiger partial charge is 0.493 e. The molecule has 0 radical (unpaired) electrons. The molecule has 23 nitrogen and oxygen atoms in total. The highest BCUT2D eigenvalue weighted by molar-refractivity contribution is 6.31. The number of anilines is 4. The number of halogens is 3. The van der Waals surface area contributed by atoms with Gasteiger partial charge in [0.2, 0.25) is 5.95 Å². The van der Waals surface area contributed by atoms with Gasteiger partial charge in [0.15, 0.2) is 34.5 Å². The second-order valence-electron chi connectivity index (χ2n) is 31.2. The maximum atomic E-state index is 14.0. The quantitative estimate of drug-likeness (QED) is 0.0368. The van der Waals surface area contributed by atoms with Crippen LogP contribution in [-0.2, 0) is 42.3 Å². The molecule has 0 saturated carbocycles. The van der Waals surface area contributed by atoms with E-state index in [0.29, 0.717) is 104 Å². The maximum absolute atomic E-state index is 14.0. The topological polar surface area (TPSA) is 192 Å². The first-order chi connectivity index (χ1) is 59.6. The first-order valence-corrected chi connectivity index (χ1v) is 43.2. The van der Waals surface area contributed by atoms with E-state index < -0.39 is 11.6 Å². The number of carbonyl (C=O) groups is 3. The molecule has 26 heteroatoms. The van der Waals surface area contributed by atoms with Crippen LogP contribution in [0.1, 0.15) is 153 Å². The zero-order valence-electron chi connectivity index (χ0n) is 71.9. The predicted octanol–water partition coefficient (Wildman–Crippen LogP) is 16.2. The summed E-state index contributed by atoms with van der Waals surface area (Å²) < 4.78 is 72.9. The number of piperazine rings is 3. The summed E-state index contributed by atoms with van der Waals surface area (Å²) in [5.74, 6) is 3.38. The van der Waals surface area contributed by atoms with Gasteiger partial charge in [-0.1, -0.05) is 93.0 Å². The normalized spacial score (nSPS) is 16.1. The molecule has 648 valence electrons. The van der Waals surface area contributed by atoms with Crippen LogP contribution in [0, 0.1) is 11.6 Å². The highest BCUT2D eigenvalue weighted by Crippen LogP contribution is 2.45. The minimum absolute atomic E-state index is 0.00632. The van der Waals surface area contributed by atoms with Crippen LogP contribution in [0.5, 0.6) is 34.5 Å². The summed E-state index contributed by atoms with van der Waals surface area (Å²) in [5, 5.41) is 4.00. The van der Waals surface area contributed by atoms with Gasteiger partial charge < -0.3 is 87.3 Å². The van der Waals surface area contributed by atoms with Crippen molar-refractivity contribution in [2.45, 2.75) is 110 Å². The van der Waals surface area contributed by atoms with Crippen LogP contribution in [0.25, 0.3) is 0 Å². The maximum Gasteiger partial charge on any atom is 0.255 e. The molecule has 0 spiro atoms. The van der Waals surface area contributed by atoms with Gasteiger partial charge in [-0.3, -0.25) is 14.4 Å². The summed E-state index contributed by atoms with van der Waals surface area (Å²) in [6, 6.07) is 48.8. The molecule has 6 aliphatic heterocycles. The van der Waals surface area contributed by atoms with Gasteiger partial charge in [-0.25, -0.2) is 18.7 Å². The predicted molar refractivity (Wildman–Crippen MR) is 474 cm³/mol. The van der Waals surface area contributed by atoms with Crippen LogP contribution in [0.3, 0.4) is 0 Å². The molecule has 1 aromatic heterocycles. The van der Waals surface area contributed by atoms with Gasteiger partial charge in [0.1, 0.15) is 11.6 Å². The van der Waals surface area contributed by atoms with Crippen molar-refractivity contribution in [3.63, 3.8) is 0 Å². The lowest BCUT2D eigenvalue weighted by Gasteiger charge is -2.36. The van der Waals surface area contributed by atoms with Gasteiger partial charge in [-0.15, -0.1) is 0 Å². The number of hydrogen-bond donors (Lipinski definition) is 1. The van der Waals surface area contributed by atoms with Crippen molar-refractivity contribution in [2.75, 3.05) is 181 Å². The molecule has 3 atom stereocenters. The van der Waals surface area contributed by atoms with Gasteiger partial charge in [0.25, 0.3) is 17.7 Å². The van der Waals surface area contributed by atoms with Crippen molar-refractivity contribution in [3.05, 3.63) is 248 Å². The van der Waals surface area contributed by atoms with Crippen LogP contribution in [0.15, 0.2) is 170 Å². The lowest BCUT2D eigenvalue weighted by atomic mass is 9.99. The number of carbonyl (C=O) groups excluding carboxylic acids is 3. The Morgan fingerprint density at radius 1 is 0.402 bits per heavy atom. The third kappa shape index (κ3) is 21.1. The number of rotatable bonds is 35. The van der Waals surface area contributed by atoms with E-state index in [9.17, 15) is 23.2 Å². The van der Waals surface area contributed by atoms with E-state index in [4.69, 9.17) is 49.5 Å². The number of likely N-dealkylation sites (N-methyl/N-ethyl adjacent to an activating group) is 3. The molecule has 9 aromatic rings. The molecule has 122 heavy (non-hydrogen) atoms. The zero-order chi connectivity index (χ0) is 85.6. The first-order valence-electron chi connectivity index (χ1n) is 42.8. The van der Waals surface area contributed by atoms with Gasteiger partial charge in [0.05, 0.1) is 74.0 Å². The molecule has 3 saturated heterocycles. The number of nitrogens with zero attached hydrogens (tertiary/aromatic N) is 11. The molecule has 15 rings (SSSR count). The van der Waals surface area contributed by atoms with E-state index in [1.165, 1.54) is 29.6 Å². The zero-order valence-corrected chi connectivity index (χ0v) is 72.7. The monoisotopic (exact) mass is 1690 g/mol. The number of methoxy groups -OCH3 is 6. The van der Waals surface area contributed by atoms with Crippen molar-refractivity contribution >= 4 is 52.3 Å². The highest BCUT2D eigenvalue weighted by atomic mass is 35.5. The number of hydrogen-bond acceptors (Lipinski definition) is 20. The number of benzene rings is 8. The van der Waals surface area contributed by atoms with E-state index in [2.05, 4.69) is 83.7 Å². The number of amides is 3. The Hall–Kier alpha value is -10.8. The molecule has 8 aromatic carbocycles. The first kappa shape index (κ1) is 89.0. The second kappa shape index (κ2) is 43.3. The number of ether oxygens (including phenoxy) is 8. The van der Waals surface area contributed by atoms with Crippen LogP contribution in [0.4, 0.5) is 31.8 Å². The summed E-state index contributed by atoms with van der Waals surface area (Å²) in [6.45, 7) is 25.3.